The van der Waals surface area contributed by atoms with Gasteiger partial charge in [-0.3, -0.25) is 19.0 Å². The number of halogens is 2. The van der Waals surface area contributed by atoms with E-state index in [1.807, 2.05) is 22.6 Å². The summed E-state index contributed by atoms with van der Waals surface area (Å²) in [6.07, 6.45) is 4.94. The van der Waals surface area contributed by atoms with Crippen molar-refractivity contribution in [1.29, 1.82) is 0 Å². The molecular weight excluding hydrogens is 578 g/mol. The van der Waals surface area contributed by atoms with Crippen molar-refractivity contribution in [3.05, 3.63) is 75.1 Å². The summed E-state index contributed by atoms with van der Waals surface area (Å²) >= 11 is 1.90. The molecule has 36 heavy (non-hydrogen) atoms. The van der Waals surface area contributed by atoms with E-state index in [0.29, 0.717) is 27.1 Å². The van der Waals surface area contributed by atoms with E-state index >= 15 is 0 Å². The van der Waals surface area contributed by atoms with Crippen molar-refractivity contribution in [2.75, 3.05) is 31.5 Å². The third-order valence-corrected chi connectivity index (χ3v) is 6.85. The minimum Gasteiger partial charge on any atom is -0.364 e. The van der Waals surface area contributed by atoms with Crippen molar-refractivity contribution < 1.29 is 18.8 Å². The van der Waals surface area contributed by atoms with E-state index in [1.165, 1.54) is 35.5 Å². The first-order valence-electron chi connectivity index (χ1n) is 11.6. The van der Waals surface area contributed by atoms with Crippen LogP contribution in [0.1, 0.15) is 50.6 Å². The van der Waals surface area contributed by atoms with Gasteiger partial charge in [0.25, 0.3) is 17.7 Å². The molecule has 0 aliphatic carbocycles. The van der Waals surface area contributed by atoms with Crippen LogP contribution in [0.25, 0.3) is 5.69 Å². The van der Waals surface area contributed by atoms with Crippen LogP contribution in [-0.4, -0.2) is 58.4 Å². The quantitative estimate of drug-likeness (QED) is 0.341. The van der Waals surface area contributed by atoms with Gasteiger partial charge in [-0.25, -0.2) is 9.37 Å². The summed E-state index contributed by atoms with van der Waals surface area (Å²) in [5.74, 6) is -2.04. The molecule has 9 nitrogen and oxygen atoms in total. The Bertz CT molecular complexity index is 1270. The number of primary amides is 1. The molecule has 0 unspecified atom stereocenters. The van der Waals surface area contributed by atoms with Crippen LogP contribution in [0.3, 0.4) is 0 Å². The highest BCUT2D eigenvalue weighted by Crippen LogP contribution is 2.20. The molecule has 188 valence electrons. The van der Waals surface area contributed by atoms with E-state index in [9.17, 15) is 18.8 Å². The topological polar surface area (TPSA) is 122 Å². The van der Waals surface area contributed by atoms with Gasteiger partial charge in [0.05, 0.1) is 5.56 Å². The number of carbonyl (C=O) groups is 3. The number of likely N-dealkylation sites (tertiary alicyclic amines) is 1. The average Bonchev–Trinajstić information content (AvgIpc) is 3.31. The zero-order chi connectivity index (χ0) is 25.7. The van der Waals surface area contributed by atoms with Gasteiger partial charge in [0.1, 0.15) is 17.8 Å². The predicted molar refractivity (Wildman–Crippen MR) is 142 cm³/mol. The first-order chi connectivity index (χ1) is 17.3. The average molecular weight is 604 g/mol. The highest BCUT2D eigenvalue weighted by molar-refractivity contribution is 14.1. The van der Waals surface area contributed by atoms with E-state index in [1.54, 1.807) is 24.3 Å². The fourth-order valence-corrected chi connectivity index (χ4v) is 4.84. The molecule has 4 rings (SSSR count). The smallest absolute Gasteiger partial charge is 0.272 e. The van der Waals surface area contributed by atoms with Gasteiger partial charge >= 0.3 is 0 Å². The summed E-state index contributed by atoms with van der Waals surface area (Å²) in [6.45, 7) is 3.24. The Hall–Kier alpha value is -3.32. The number of anilines is 1. The molecule has 1 saturated heterocycles. The standard InChI is InChI=1S/C25H26FIN6O3/c26-16-4-9-19(20(27)14-16)24(35)31-17-5-7-18(8-6-17)33-15-30-21(22(33)23(28)34)25(36)29-10-13-32-11-2-1-3-12-32/h4-9,14-15H,1-3,10-13H2,(H2,28,34)(H,29,36)(H,31,35). The molecule has 0 atom stereocenters. The number of benzene rings is 2. The second-order valence-electron chi connectivity index (χ2n) is 8.46. The van der Waals surface area contributed by atoms with Gasteiger partial charge in [-0.15, -0.1) is 0 Å². The van der Waals surface area contributed by atoms with E-state index in [2.05, 4.69) is 20.5 Å². The summed E-state index contributed by atoms with van der Waals surface area (Å²) in [5, 5.41) is 5.58. The molecule has 2 heterocycles. The predicted octanol–water partition coefficient (Wildman–Crippen LogP) is 3.18. The van der Waals surface area contributed by atoms with Crippen LogP contribution in [0.5, 0.6) is 0 Å². The SMILES string of the molecule is NC(=O)c1c(C(=O)NCCN2CCCCC2)ncn1-c1ccc(NC(=O)c2ccc(F)cc2I)cc1. The van der Waals surface area contributed by atoms with Crippen LogP contribution in [0.2, 0.25) is 0 Å². The van der Waals surface area contributed by atoms with Crippen molar-refractivity contribution in [2.24, 2.45) is 5.73 Å². The number of hydrogen-bond acceptors (Lipinski definition) is 5. The Labute approximate surface area is 221 Å². The summed E-state index contributed by atoms with van der Waals surface area (Å²) < 4.78 is 15.3. The molecule has 11 heteroatoms. The van der Waals surface area contributed by atoms with Gasteiger partial charge < -0.3 is 21.3 Å². The lowest BCUT2D eigenvalue weighted by molar-refractivity contribution is 0.0924. The van der Waals surface area contributed by atoms with Gasteiger partial charge in [0.2, 0.25) is 0 Å². The Morgan fingerprint density at radius 3 is 2.42 bits per heavy atom. The van der Waals surface area contributed by atoms with Crippen LogP contribution < -0.4 is 16.4 Å². The molecule has 3 aromatic rings. The zero-order valence-electron chi connectivity index (χ0n) is 19.5. The number of nitrogens with one attached hydrogen (secondary N) is 2. The van der Waals surface area contributed by atoms with Gasteiger partial charge in [0.15, 0.2) is 5.69 Å². The molecule has 0 bridgehead atoms. The third kappa shape index (κ3) is 6.08. The molecule has 1 fully saturated rings. The summed E-state index contributed by atoms with van der Waals surface area (Å²) in [5.41, 5.74) is 6.92. The van der Waals surface area contributed by atoms with Gasteiger partial charge in [-0.05, 0) is 91.0 Å². The van der Waals surface area contributed by atoms with Gasteiger partial charge in [0, 0.05) is 28.0 Å². The van der Waals surface area contributed by atoms with Gasteiger partial charge in [-0.2, -0.15) is 0 Å². The fraction of sp³-hybridized carbons (Fsp3) is 0.280. The Morgan fingerprint density at radius 1 is 1.03 bits per heavy atom. The number of nitrogens with two attached hydrogens (primary N) is 1. The maximum atomic E-state index is 13.3. The number of hydrogen-bond donors (Lipinski definition) is 3. The lowest BCUT2D eigenvalue weighted by atomic mass is 10.1. The van der Waals surface area contributed by atoms with Crippen LogP contribution >= 0.6 is 22.6 Å². The second kappa shape index (κ2) is 11.6. The van der Waals surface area contributed by atoms with Crippen LogP contribution in [-0.2, 0) is 0 Å². The van der Waals surface area contributed by atoms with Crippen LogP contribution in [0.4, 0.5) is 10.1 Å². The molecule has 3 amide bonds. The number of piperidine rings is 1. The lowest BCUT2D eigenvalue weighted by Gasteiger charge is -2.26. The first kappa shape index (κ1) is 25.8. The normalized spacial score (nSPS) is 13.8. The maximum Gasteiger partial charge on any atom is 0.272 e. The first-order valence-corrected chi connectivity index (χ1v) is 12.7. The van der Waals surface area contributed by atoms with Crippen LogP contribution in [0.15, 0.2) is 48.8 Å². The Morgan fingerprint density at radius 2 is 1.75 bits per heavy atom. The maximum absolute atomic E-state index is 13.3. The summed E-state index contributed by atoms with van der Waals surface area (Å²) in [7, 11) is 0. The number of imidazole rings is 1. The summed E-state index contributed by atoms with van der Waals surface area (Å²) in [4.78, 5) is 43.9. The number of nitrogens with zero attached hydrogens (tertiary/aromatic N) is 3. The lowest BCUT2D eigenvalue weighted by Crippen LogP contribution is -2.38. The zero-order valence-corrected chi connectivity index (χ0v) is 21.6. The molecule has 1 aliphatic heterocycles. The second-order valence-corrected chi connectivity index (χ2v) is 9.62. The van der Waals surface area contributed by atoms with Gasteiger partial charge in [-0.1, -0.05) is 6.42 Å². The number of rotatable bonds is 8. The van der Waals surface area contributed by atoms with E-state index in [-0.39, 0.29) is 17.3 Å². The summed E-state index contributed by atoms with van der Waals surface area (Å²) in [6, 6.07) is 10.6. The van der Waals surface area contributed by atoms with E-state index in [4.69, 9.17) is 5.73 Å². The Balaban J connectivity index is 1.44. The molecule has 2 aromatic carbocycles. The van der Waals surface area contributed by atoms with E-state index in [0.717, 1.165) is 32.5 Å². The van der Waals surface area contributed by atoms with Crippen molar-refractivity contribution in [2.45, 2.75) is 19.3 Å². The minimum atomic E-state index is -0.781. The molecule has 0 radical (unpaired) electrons. The van der Waals surface area contributed by atoms with Crippen molar-refractivity contribution in [3.8, 4) is 5.69 Å². The highest BCUT2D eigenvalue weighted by atomic mass is 127. The fourth-order valence-electron chi connectivity index (χ4n) is 4.12. The van der Waals surface area contributed by atoms with Crippen molar-refractivity contribution >= 4 is 46.0 Å². The monoisotopic (exact) mass is 604 g/mol. The highest BCUT2D eigenvalue weighted by Gasteiger charge is 2.23. The van der Waals surface area contributed by atoms with E-state index < -0.39 is 17.6 Å². The largest absolute Gasteiger partial charge is 0.364 e. The Kier molecular flexibility index (Phi) is 8.31. The van der Waals surface area contributed by atoms with Crippen molar-refractivity contribution in [3.63, 3.8) is 0 Å². The molecule has 4 N–H and O–H groups in total. The number of carbonyl (C=O) groups excluding carboxylic acids is 3. The number of aromatic nitrogens is 2. The van der Waals surface area contributed by atoms with Crippen molar-refractivity contribution in [1.82, 2.24) is 19.8 Å². The molecule has 0 spiro atoms. The molecular formula is C25H26FIN6O3. The van der Waals surface area contributed by atoms with Crippen LogP contribution in [0, 0.1) is 9.39 Å². The third-order valence-electron chi connectivity index (χ3n) is 5.96. The molecule has 1 aliphatic rings. The molecule has 1 aromatic heterocycles. The minimum absolute atomic E-state index is 0.0249. The number of amides is 3. The molecule has 0 saturated carbocycles.